The number of aromatic amines is 1. The number of fused-ring (bicyclic) bond motifs is 1. The van der Waals surface area contributed by atoms with Crippen LogP contribution in [-0.2, 0) is 4.74 Å². The van der Waals surface area contributed by atoms with E-state index in [2.05, 4.69) is 15.5 Å². The highest BCUT2D eigenvalue weighted by molar-refractivity contribution is 6.04. The molecule has 0 unspecified atom stereocenters. The lowest BCUT2D eigenvalue weighted by atomic mass is 10.1. The zero-order valence-electron chi connectivity index (χ0n) is 10.8. The van der Waals surface area contributed by atoms with Crippen molar-refractivity contribution in [2.45, 2.75) is 31.9 Å². The number of amides is 1. The molecular weight excluding hydrogens is 242 g/mol. The quantitative estimate of drug-likeness (QED) is 0.884. The van der Waals surface area contributed by atoms with E-state index in [4.69, 9.17) is 4.74 Å². The second-order valence-electron chi connectivity index (χ2n) is 4.93. The third kappa shape index (κ3) is 2.33. The van der Waals surface area contributed by atoms with Gasteiger partial charge < -0.3 is 10.1 Å². The lowest BCUT2D eigenvalue weighted by Crippen LogP contribution is -2.41. The van der Waals surface area contributed by atoms with E-state index in [0.29, 0.717) is 5.69 Å². The van der Waals surface area contributed by atoms with Crippen molar-refractivity contribution in [1.82, 2.24) is 15.5 Å². The molecule has 1 saturated heterocycles. The number of carbonyl (C=O) groups is 1. The summed E-state index contributed by atoms with van der Waals surface area (Å²) in [4.78, 5) is 12.2. The van der Waals surface area contributed by atoms with Crippen LogP contribution in [0.3, 0.4) is 0 Å². The van der Waals surface area contributed by atoms with Gasteiger partial charge in [-0.15, -0.1) is 0 Å². The molecule has 3 rings (SSSR count). The summed E-state index contributed by atoms with van der Waals surface area (Å²) in [5.41, 5.74) is 1.32. The van der Waals surface area contributed by atoms with E-state index in [9.17, 15) is 4.79 Å². The summed E-state index contributed by atoms with van der Waals surface area (Å²) >= 11 is 0. The fraction of sp³-hybridized carbons (Fsp3) is 0.429. The van der Waals surface area contributed by atoms with Crippen LogP contribution in [0.15, 0.2) is 24.3 Å². The van der Waals surface area contributed by atoms with Crippen molar-refractivity contribution < 1.29 is 9.53 Å². The first kappa shape index (κ1) is 12.2. The van der Waals surface area contributed by atoms with Crippen LogP contribution in [0.5, 0.6) is 0 Å². The monoisotopic (exact) mass is 259 g/mol. The Hall–Kier alpha value is -1.88. The third-order valence-corrected chi connectivity index (χ3v) is 3.57. The van der Waals surface area contributed by atoms with Gasteiger partial charge in [0, 0.05) is 12.0 Å². The maximum Gasteiger partial charge on any atom is 0.272 e. The van der Waals surface area contributed by atoms with Gasteiger partial charge in [0.05, 0.1) is 17.7 Å². The molecule has 5 heteroatoms. The van der Waals surface area contributed by atoms with Crippen LogP contribution in [0, 0.1) is 0 Å². The van der Waals surface area contributed by atoms with Gasteiger partial charge in [0.15, 0.2) is 5.69 Å². The Morgan fingerprint density at radius 3 is 3.16 bits per heavy atom. The van der Waals surface area contributed by atoms with Gasteiger partial charge in [0.2, 0.25) is 0 Å². The number of rotatable bonds is 3. The van der Waals surface area contributed by atoms with Crippen molar-refractivity contribution in [3.05, 3.63) is 30.0 Å². The van der Waals surface area contributed by atoms with Gasteiger partial charge in [-0.1, -0.05) is 18.2 Å². The number of ether oxygens (including phenoxy) is 1. The van der Waals surface area contributed by atoms with Gasteiger partial charge in [-0.25, -0.2) is 0 Å². The van der Waals surface area contributed by atoms with E-state index >= 15 is 0 Å². The fourth-order valence-electron chi connectivity index (χ4n) is 2.50. The van der Waals surface area contributed by atoms with Crippen LogP contribution in [0.1, 0.15) is 30.3 Å². The summed E-state index contributed by atoms with van der Waals surface area (Å²) < 4.78 is 5.58. The predicted molar refractivity (Wildman–Crippen MR) is 72.0 cm³/mol. The van der Waals surface area contributed by atoms with E-state index in [0.717, 1.165) is 30.4 Å². The predicted octanol–water partition coefficient (Wildman–Crippen LogP) is 1.86. The van der Waals surface area contributed by atoms with Gasteiger partial charge in [0.25, 0.3) is 5.91 Å². The molecule has 1 aromatic heterocycles. The Balaban J connectivity index is 1.76. The summed E-state index contributed by atoms with van der Waals surface area (Å²) in [6.45, 7) is 2.76. The van der Waals surface area contributed by atoms with Crippen molar-refractivity contribution in [1.29, 1.82) is 0 Å². The molecule has 1 aliphatic rings. The molecule has 100 valence electrons. The van der Waals surface area contributed by atoms with Gasteiger partial charge >= 0.3 is 0 Å². The molecule has 0 saturated carbocycles. The summed E-state index contributed by atoms with van der Waals surface area (Å²) in [7, 11) is 0. The number of hydrogen-bond donors (Lipinski definition) is 2. The number of H-pyrrole nitrogens is 1. The van der Waals surface area contributed by atoms with Crippen molar-refractivity contribution >= 4 is 16.8 Å². The zero-order chi connectivity index (χ0) is 13.2. The average Bonchev–Trinajstić information content (AvgIpc) is 3.08. The smallest absolute Gasteiger partial charge is 0.272 e. The first-order valence-electron chi connectivity index (χ1n) is 6.61. The molecule has 2 atom stereocenters. The van der Waals surface area contributed by atoms with E-state index < -0.39 is 0 Å². The Kier molecular flexibility index (Phi) is 3.21. The minimum absolute atomic E-state index is 0.00506. The molecule has 1 amide bonds. The first-order chi connectivity index (χ1) is 9.25. The minimum atomic E-state index is -0.152. The van der Waals surface area contributed by atoms with Crippen molar-refractivity contribution in [3.8, 4) is 0 Å². The topological polar surface area (TPSA) is 67.0 Å². The lowest BCUT2D eigenvalue weighted by Gasteiger charge is -2.19. The molecule has 1 aromatic carbocycles. The molecule has 0 radical (unpaired) electrons. The van der Waals surface area contributed by atoms with Crippen LogP contribution < -0.4 is 5.32 Å². The normalized spacial score (nSPS) is 20.6. The molecular formula is C14H17N3O2. The van der Waals surface area contributed by atoms with E-state index in [-0.39, 0.29) is 18.1 Å². The molecule has 1 fully saturated rings. The van der Waals surface area contributed by atoms with Crippen LogP contribution in [0.25, 0.3) is 10.9 Å². The molecule has 2 N–H and O–H groups in total. The first-order valence-corrected chi connectivity index (χ1v) is 6.61. The van der Waals surface area contributed by atoms with Crippen LogP contribution in [-0.4, -0.2) is 34.9 Å². The van der Waals surface area contributed by atoms with Crippen molar-refractivity contribution in [3.63, 3.8) is 0 Å². The molecule has 2 heterocycles. The fourth-order valence-corrected chi connectivity index (χ4v) is 2.50. The standard InChI is InChI=1S/C14H17N3O2/c1-9(12-7-4-8-19-12)15-14(18)13-10-5-2-3-6-11(10)16-17-13/h2-3,5-6,9,12H,4,7-8H2,1H3,(H,15,18)(H,16,17)/t9-,12+/m0/s1. The maximum absolute atomic E-state index is 12.2. The van der Waals surface area contributed by atoms with Gasteiger partial charge in [-0.3, -0.25) is 9.89 Å². The SMILES string of the molecule is C[C@H](NC(=O)c1n[nH]c2ccccc12)[C@H]1CCCO1. The van der Waals surface area contributed by atoms with Gasteiger partial charge in [-0.05, 0) is 25.8 Å². The largest absolute Gasteiger partial charge is 0.376 e. The highest BCUT2D eigenvalue weighted by Crippen LogP contribution is 2.18. The summed E-state index contributed by atoms with van der Waals surface area (Å²) in [6, 6.07) is 7.62. The number of nitrogens with one attached hydrogen (secondary N) is 2. The average molecular weight is 259 g/mol. The van der Waals surface area contributed by atoms with Crippen molar-refractivity contribution in [2.24, 2.45) is 0 Å². The molecule has 2 aromatic rings. The van der Waals surface area contributed by atoms with Crippen molar-refractivity contribution in [2.75, 3.05) is 6.61 Å². The molecule has 5 nitrogen and oxygen atoms in total. The highest BCUT2D eigenvalue weighted by Gasteiger charge is 2.25. The molecule has 0 bridgehead atoms. The molecule has 19 heavy (non-hydrogen) atoms. The molecule has 0 aliphatic carbocycles. The maximum atomic E-state index is 12.2. The number of carbonyl (C=O) groups excluding carboxylic acids is 1. The summed E-state index contributed by atoms with van der Waals surface area (Å²) in [6.07, 6.45) is 2.19. The Morgan fingerprint density at radius 1 is 1.53 bits per heavy atom. The van der Waals surface area contributed by atoms with Crippen LogP contribution in [0.2, 0.25) is 0 Å². The second-order valence-corrected chi connectivity index (χ2v) is 4.93. The lowest BCUT2D eigenvalue weighted by molar-refractivity contribution is 0.0710. The third-order valence-electron chi connectivity index (χ3n) is 3.57. The zero-order valence-corrected chi connectivity index (χ0v) is 10.8. The molecule has 1 aliphatic heterocycles. The summed E-state index contributed by atoms with van der Waals surface area (Å²) in [5, 5.41) is 10.8. The van der Waals surface area contributed by atoms with Crippen LogP contribution >= 0.6 is 0 Å². The highest BCUT2D eigenvalue weighted by atomic mass is 16.5. The number of para-hydroxylation sites is 1. The Morgan fingerprint density at radius 2 is 2.37 bits per heavy atom. The summed E-state index contributed by atoms with van der Waals surface area (Å²) in [5.74, 6) is -0.152. The van der Waals surface area contributed by atoms with Gasteiger partial charge in [-0.2, -0.15) is 5.10 Å². The van der Waals surface area contributed by atoms with Gasteiger partial charge in [0.1, 0.15) is 0 Å². The van der Waals surface area contributed by atoms with E-state index in [1.165, 1.54) is 0 Å². The molecule has 0 spiro atoms. The minimum Gasteiger partial charge on any atom is -0.376 e. The van der Waals surface area contributed by atoms with Crippen LogP contribution in [0.4, 0.5) is 0 Å². The number of benzene rings is 1. The number of aromatic nitrogens is 2. The Bertz CT molecular complexity index is 587. The van der Waals surface area contributed by atoms with E-state index in [1.54, 1.807) is 0 Å². The second kappa shape index (κ2) is 5.01. The van der Waals surface area contributed by atoms with E-state index in [1.807, 2.05) is 31.2 Å². The number of nitrogens with zero attached hydrogens (tertiary/aromatic N) is 1. The Labute approximate surface area is 111 Å². The number of hydrogen-bond acceptors (Lipinski definition) is 3.